The van der Waals surface area contributed by atoms with Gasteiger partial charge in [-0.1, -0.05) is 279 Å². The van der Waals surface area contributed by atoms with E-state index in [0.717, 1.165) is 46.6 Å². The molecule has 14 aromatic carbocycles. The highest BCUT2D eigenvalue weighted by atomic mass is 15.6. The Balaban J connectivity index is 1.11. The molecule has 16 rings (SSSR count). The normalized spacial score (nSPS) is 14.3. The van der Waals surface area contributed by atoms with E-state index in [1.165, 1.54) is 99.1 Å². The highest BCUT2D eigenvalue weighted by Gasteiger charge is 2.66. The van der Waals surface area contributed by atoms with Gasteiger partial charge in [-0.2, -0.15) is 0 Å². The summed E-state index contributed by atoms with van der Waals surface area (Å²) in [6, 6.07) is 118. The number of benzene rings is 14. The summed E-state index contributed by atoms with van der Waals surface area (Å²) in [7, 11) is 0. The van der Waals surface area contributed by atoms with Gasteiger partial charge < -0.3 is 0 Å². The van der Waals surface area contributed by atoms with Crippen LogP contribution in [0.3, 0.4) is 0 Å². The molecule has 3 nitrogen and oxygen atoms in total. The summed E-state index contributed by atoms with van der Waals surface area (Å²) in [6.45, 7) is 0. The van der Waals surface area contributed by atoms with E-state index in [2.05, 4.69) is 330 Å². The Labute approximate surface area is 484 Å². The number of rotatable bonds is 10. The van der Waals surface area contributed by atoms with Gasteiger partial charge in [-0.3, -0.25) is 14.7 Å². The third-order valence-electron chi connectivity index (χ3n) is 17.7. The van der Waals surface area contributed by atoms with Gasteiger partial charge in [-0.25, -0.2) is 0 Å². The number of nitrogens with zero attached hydrogens (tertiary/aromatic N) is 3. The lowest BCUT2D eigenvalue weighted by atomic mass is 9.83. The number of hydrogen-bond acceptors (Lipinski definition) is 3. The van der Waals surface area contributed by atoms with E-state index in [1.807, 2.05) is 0 Å². The molecule has 0 bridgehead atoms. The fraction of sp³-hybridized carbons (Fsp3) is 0.0500. The molecule has 83 heavy (non-hydrogen) atoms. The van der Waals surface area contributed by atoms with Gasteiger partial charge in [0.15, 0.2) is 0 Å². The van der Waals surface area contributed by atoms with Crippen molar-refractivity contribution in [1.29, 1.82) is 0 Å². The van der Waals surface area contributed by atoms with Crippen LogP contribution >= 0.6 is 0 Å². The number of fused-ring (bicyclic) bond motifs is 12. The Bertz CT molecular complexity index is 4500. The maximum Gasteiger partial charge on any atom is 0.212 e. The highest BCUT2D eigenvalue weighted by Crippen LogP contribution is 2.70. The quantitative estimate of drug-likeness (QED) is 0.126. The summed E-state index contributed by atoms with van der Waals surface area (Å²) in [5.41, 5.74) is 19.0. The van der Waals surface area contributed by atoms with Gasteiger partial charge in [0.1, 0.15) is 0 Å². The Hall–Kier alpha value is -10.5. The minimum Gasteiger partial charge on any atom is -0.299 e. The van der Waals surface area contributed by atoms with Gasteiger partial charge in [0.2, 0.25) is 5.79 Å². The first-order chi connectivity index (χ1) is 41.2. The summed E-state index contributed by atoms with van der Waals surface area (Å²) in [6.07, 6.45) is 1.62. The zero-order valence-electron chi connectivity index (χ0n) is 45.9. The van der Waals surface area contributed by atoms with E-state index in [4.69, 9.17) is 0 Å². The van der Waals surface area contributed by atoms with Gasteiger partial charge in [0.05, 0.1) is 23.0 Å². The number of hydrogen-bond donors (Lipinski definition) is 0. The van der Waals surface area contributed by atoms with Crippen LogP contribution in [0.1, 0.15) is 23.5 Å². The van der Waals surface area contributed by atoms with Crippen LogP contribution in [0.15, 0.2) is 315 Å². The Morgan fingerprint density at radius 1 is 0.241 bits per heavy atom. The largest absolute Gasteiger partial charge is 0.299 e. The molecule has 14 aromatic rings. The first-order valence-corrected chi connectivity index (χ1v) is 29.1. The van der Waals surface area contributed by atoms with Crippen molar-refractivity contribution >= 4 is 77.2 Å². The molecule has 0 amide bonds. The molecule has 392 valence electrons. The van der Waals surface area contributed by atoms with Crippen LogP contribution in [-0.4, -0.2) is 5.79 Å². The molecule has 1 unspecified atom stereocenters. The lowest BCUT2D eigenvalue weighted by molar-refractivity contribution is 0.375. The zero-order chi connectivity index (χ0) is 54.8. The molecule has 0 N–H and O–H groups in total. The summed E-state index contributed by atoms with van der Waals surface area (Å²) >= 11 is 0. The maximum atomic E-state index is 2.82. The minimum atomic E-state index is -1.07. The third-order valence-corrected chi connectivity index (χ3v) is 17.7. The molecule has 1 spiro atoms. The predicted octanol–water partition coefficient (Wildman–Crippen LogP) is 21.5. The first kappa shape index (κ1) is 48.4. The summed E-state index contributed by atoms with van der Waals surface area (Å²) in [4.78, 5) is 8.47. The SMILES string of the molecule is c1ccc(-c2cccc(CCC3c4c(c5ccccc5c5ccccc45)N(c4cccc(-c5ccccc5)c4)C34N(c3cccc(-c5ccccc5)c3)c3c(c5ccccc5c5ccccc35)N4c3cccc(-c4ccccc4)c3)c2)cc1. The van der Waals surface area contributed by atoms with E-state index in [9.17, 15) is 0 Å². The van der Waals surface area contributed by atoms with Gasteiger partial charge in [-0.15, -0.1) is 0 Å². The lowest BCUT2D eigenvalue weighted by Gasteiger charge is -2.53. The van der Waals surface area contributed by atoms with Crippen molar-refractivity contribution in [3.63, 3.8) is 0 Å². The molecule has 3 heteroatoms. The minimum absolute atomic E-state index is 0.196. The molecule has 0 radical (unpaired) electrons. The molecule has 1 atom stereocenters. The van der Waals surface area contributed by atoms with Gasteiger partial charge in [0.25, 0.3) is 0 Å². The van der Waals surface area contributed by atoms with Crippen molar-refractivity contribution in [2.75, 3.05) is 14.7 Å². The topological polar surface area (TPSA) is 9.72 Å². The maximum absolute atomic E-state index is 2.82. The Morgan fingerprint density at radius 3 is 0.928 bits per heavy atom. The molecule has 2 aliphatic heterocycles. The van der Waals surface area contributed by atoms with E-state index in [-0.39, 0.29) is 5.92 Å². The molecule has 0 fully saturated rings. The molecule has 0 saturated heterocycles. The Morgan fingerprint density at radius 2 is 0.530 bits per heavy atom. The van der Waals surface area contributed by atoms with Crippen LogP contribution in [0.5, 0.6) is 0 Å². The third kappa shape index (κ3) is 7.80. The van der Waals surface area contributed by atoms with Crippen LogP contribution in [-0.2, 0) is 6.42 Å². The molecule has 0 aromatic heterocycles. The van der Waals surface area contributed by atoms with E-state index >= 15 is 0 Å². The van der Waals surface area contributed by atoms with Crippen molar-refractivity contribution in [2.24, 2.45) is 0 Å². The average Bonchev–Trinajstić information content (AvgIpc) is 2.06. The van der Waals surface area contributed by atoms with Crippen LogP contribution in [0.2, 0.25) is 0 Å². The van der Waals surface area contributed by atoms with Crippen LogP contribution < -0.4 is 14.7 Å². The molecular weight excluding hydrogens is 1000 g/mol. The summed E-state index contributed by atoms with van der Waals surface area (Å²) in [5, 5.41) is 9.83. The van der Waals surface area contributed by atoms with Crippen molar-refractivity contribution < 1.29 is 0 Å². The first-order valence-electron chi connectivity index (χ1n) is 29.1. The van der Waals surface area contributed by atoms with Crippen molar-refractivity contribution in [1.82, 2.24) is 0 Å². The second kappa shape index (κ2) is 20.0. The fourth-order valence-electron chi connectivity index (χ4n) is 14.3. The molecule has 2 heterocycles. The second-order valence-electron chi connectivity index (χ2n) is 22.2. The molecular formula is C80H57N3. The van der Waals surface area contributed by atoms with Crippen LogP contribution in [0.25, 0.3) is 87.6 Å². The summed E-state index contributed by atoms with van der Waals surface area (Å²) < 4.78 is 0. The zero-order valence-corrected chi connectivity index (χ0v) is 45.9. The van der Waals surface area contributed by atoms with Gasteiger partial charge in [0, 0.05) is 33.2 Å². The molecule has 0 saturated carbocycles. The lowest BCUT2D eigenvalue weighted by Crippen LogP contribution is -2.65. The molecule has 2 aliphatic rings. The smallest absolute Gasteiger partial charge is 0.212 e. The van der Waals surface area contributed by atoms with Crippen LogP contribution in [0.4, 0.5) is 34.1 Å². The predicted molar refractivity (Wildman–Crippen MR) is 351 cm³/mol. The summed E-state index contributed by atoms with van der Waals surface area (Å²) in [5.74, 6) is -1.26. The van der Waals surface area contributed by atoms with Gasteiger partial charge >= 0.3 is 0 Å². The van der Waals surface area contributed by atoms with Gasteiger partial charge in [-0.05, 0) is 132 Å². The van der Waals surface area contributed by atoms with Crippen molar-refractivity contribution in [3.05, 3.63) is 327 Å². The Kier molecular flexibility index (Phi) is 11.6. The van der Waals surface area contributed by atoms with E-state index < -0.39 is 5.79 Å². The standard InChI is InChI=1S/C80H57N3/c1-5-26-56(27-6-1)60-34-21-25-55(51-60)49-50-75-76-71-45-17-13-41-67(71)68-42-14-18-46-72(68)77(76)81(64-38-22-35-61(52-64)57-28-7-2-8-29-57)80(75)82(65-39-23-36-62(53-65)58-30-9-3-10-31-58)78-73-47-19-15-43-69(73)70-44-16-20-48-74(70)79(78)83(80)66-40-24-37-63(54-66)59-32-11-4-12-33-59/h1-48,51-54,75H,49-50H2. The monoisotopic (exact) mass is 1060 g/mol. The second-order valence-corrected chi connectivity index (χ2v) is 22.2. The van der Waals surface area contributed by atoms with Crippen molar-refractivity contribution in [3.8, 4) is 44.5 Å². The van der Waals surface area contributed by atoms with Crippen LogP contribution in [0, 0.1) is 0 Å². The fourth-order valence-corrected chi connectivity index (χ4v) is 14.3. The van der Waals surface area contributed by atoms with E-state index in [1.54, 1.807) is 0 Å². The number of anilines is 6. The average molecular weight is 1060 g/mol. The van der Waals surface area contributed by atoms with E-state index in [0.29, 0.717) is 0 Å². The number of aryl methyl sites for hydroxylation is 1. The highest BCUT2D eigenvalue weighted by molar-refractivity contribution is 6.26. The molecule has 0 aliphatic carbocycles. The van der Waals surface area contributed by atoms with Crippen molar-refractivity contribution in [2.45, 2.75) is 24.5 Å².